The van der Waals surface area contributed by atoms with Crippen LogP contribution in [-0.2, 0) is 4.74 Å². The van der Waals surface area contributed by atoms with Crippen LogP contribution in [0.5, 0.6) is 0 Å². The highest BCUT2D eigenvalue weighted by Crippen LogP contribution is 2.27. The summed E-state index contributed by atoms with van der Waals surface area (Å²) in [5, 5.41) is 20.2. The van der Waals surface area contributed by atoms with Crippen molar-refractivity contribution in [2.24, 2.45) is 11.7 Å². The first-order valence-electron chi connectivity index (χ1n) is 5.78. The lowest BCUT2D eigenvalue weighted by atomic mass is 9.87. The topological polar surface area (TPSA) is 79.0 Å². The van der Waals surface area contributed by atoms with Gasteiger partial charge >= 0.3 is 0 Å². The van der Waals surface area contributed by atoms with Crippen LogP contribution in [0.3, 0.4) is 0 Å². The molecule has 5 heteroatoms. The van der Waals surface area contributed by atoms with Crippen molar-refractivity contribution in [3.05, 3.63) is 0 Å². The van der Waals surface area contributed by atoms with E-state index in [2.05, 4.69) is 0 Å². The van der Waals surface area contributed by atoms with Crippen molar-refractivity contribution in [3.8, 4) is 0 Å². The quantitative estimate of drug-likeness (QED) is 0.583. The Morgan fingerprint density at radius 1 is 1.25 bits per heavy atom. The Morgan fingerprint density at radius 3 is 2.19 bits per heavy atom. The second-order valence-corrected chi connectivity index (χ2v) is 5.05. The van der Waals surface area contributed by atoms with Crippen LogP contribution in [0.2, 0.25) is 0 Å². The lowest BCUT2D eigenvalue weighted by molar-refractivity contribution is -0.208. The van der Waals surface area contributed by atoms with E-state index in [-0.39, 0.29) is 24.6 Å². The van der Waals surface area contributed by atoms with E-state index in [0.29, 0.717) is 0 Å². The molecule has 5 nitrogen and oxygen atoms in total. The van der Waals surface area contributed by atoms with E-state index < -0.39 is 18.3 Å². The van der Waals surface area contributed by atoms with Crippen LogP contribution in [0, 0.1) is 5.92 Å². The van der Waals surface area contributed by atoms with Gasteiger partial charge in [-0.2, -0.15) is 0 Å². The Bertz CT molecular complexity index is 223. The molecule has 0 amide bonds. The fourth-order valence-electron chi connectivity index (χ4n) is 2.34. The average Bonchev–Trinajstić information content (AvgIpc) is 2.16. The number of rotatable bonds is 3. The van der Waals surface area contributed by atoms with Crippen molar-refractivity contribution in [2.75, 3.05) is 20.6 Å². The first kappa shape index (κ1) is 13.9. The second-order valence-electron chi connectivity index (χ2n) is 5.05. The molecular formula is C11H24N2O3. The Balaban J connectivity index is 2.88. The minimum atomic E-state index is -0.745. The first-order valence-corrected chi connectivity index (χ1v) is 5.78. The molecular weight excluding hydrogens is 208 g/mol. The molecule has 0 saturated carbocycles. The van der Waals surface area contributed by atoms with Crippen LogP contribution in [0.15, 0.2) is 0 Å². The van der Waals surface area contributed by atoms with Crippen LogP contribution >= 0.6 is 0 Å². The lowest BCUT2D eigenvalue weighted by Gasteiger charge is -2.46. The number of hydrogen-bond acceptors (Lipinski definition) is 5. The third-order valence-corrected chi connectivity index (χ3v) is 3.23. The number of hydrogen-bond donors (Lipinski definition) is 3. The number of likely N-dealkylation sites (N-methyl/N-ethyl adjacent to an activating group) is 1. The molecule has 0 aromatic heterocycles. The van der Waals surface area contributed by atoms with Gasteiger partial charge in [0.15, 0.2) is 0 Å². The van der Waals surface area contributed by atoms with E-state index in [1.807, 2.05) is 32.8 Å². The fraction of sp³-hybridized carbons (Fsp3) is 1.00. The monoisotopic (exact) mass is 232 g/mol. The van der Waals surface area contributed by atoms with Gasteiger partial charge < -0.3 is 25.6 Å². The van der Waals surface area contributed by atoms with Gasteiger partial charge in [0.25, 0.3) is 0 Å². The Morgan fingerprint density at radius 2 is 1.81 bits per heavy atom. The maximum absolute atomic E-state index is 10.2. The maximum Gasteiger partial charge on any atom is 0.0995 e. The summed E-state index contributed by atoms with van der Waals surface area (Å²) in [6.45, 7) is 4.25. The van der Waals surface area contributed by atoms with Gasteiger partial charge in [0, 0.05) is 6.54 Å². The molecule has 1 heterocycles. The van der Waals surface area contributed by atoms with Gasteiger partial charge in [-0.3, -0.25) is 0 Å². The largest absolute Gasteiger partial charge is 0.389 e. The van der Waals surface area contributed by atoms with Gasteiger partial charge in [0.05, 0.1) is 30.5 Å². The van der Waals surface area contributed by atoms with E-state index in [1.54, 1.807) is 0 Å². The number of nitrogens with zero attached hydrogens (tertiary/aromatic N) is 1. The third kappa shape index (κ3) is 2.55. The molecule has 0 aromatic rings. The highest BCUT2D eigenvalue weighted by atomic mass is 16.5. The minimum Gasteiger partial charge on any atom is -0.389 e. The van der Waals surface area contributed by atoms with Gasteiger partial charge in [-0.1, -0.05) is 13.8 Å². The molecule has 1 fully saturated rings. The molecule has 0 radical (unpaired) electrons. The molecule has 0 bridgehead atoms. The molecule has 1 saturated heterocycles. The van der Waals surface area contributed by atoms with Crippen LogP contribution < -0.4 is 5.73 Å². The van der Waals surface area contributed by atoms with Crippen molar-refractivity contribution in [1.82, 2.24) is 4.90 Å². The predicted molar refractivity (Wildman–Crippen MR) is 62.0 cm³/mol. The van der Waals surface area contributed by atoms with Gasteiger partial charge in [-0.05, 0) is 20.0 Å². The standard InChI is InChI=1S/C11H24N2O3/c1-6(2)11-10(15)8(13(3)4)9(14)7(5-12)16-11/h6-11,14-15H,5,12H2,1-4H3/t7-,8+,9-,10-,11?/m1/s1. The molecule has 5 atom stereocenters. The van der Waals surface area contributed by atoms with Crippen LogP contribution in [0.1, 0.15) is 13.8 Å². The summed E-state index contributed by atoms with van der Waals surface area (Å²) in [6, 6.07) is -0.324. The smallest absolute Gasteiger partial charge is 0.0995 e. The SMILES string of the molecule is CC(C)C1O[C@H](CN)[C@@H](O)[C@H](N(C)C)[C@H]1O. The summed E-state index contributed by atoms with van der Waals surface area (Å²) in [6.07, 6.45) is -2.11. The summed E-state index contributed by atoms with van der Waals surface area (Å²) < 4.78 is 5.65. The van der Waals surface area contributed by atoms with Crippen molar-refractivity contribution < 1.29 is 14.9 Å². The Kier molecular flexibility index (Phi) is 4.70. The minimum absolute atomic E-state index is 0.194. The van der Waals surface area contributed by atoms with Gasteiger partial charge in [0.2, 0.25) is 0 Å². The molecule has 1 rings (SSSR count). The van der Waals surface area contributed by atoms with Crippen LogP contribution in [0.4, 0.5) is 0 Å². The molecule has 1 unspecified atom stereocenters. The number of aliphatic hydroxyl groups excluding tert-OH is 2. The zero-order valence-corrected chi connectivity index (χ0v) is 10.5. The molecule has 4 N–H and O–H groups in total. The summed E-state index contributed by atoms with van der Waals surface area (Å²) in [7, 11) is 3.68. The maximum atomic E-state index is 10.2. The zero-order chi connectivity index (χ0) is 12.5. The number of aliphatic hydroxyl groups is 2. The summed E-state index contributed by atoms with van der Waals surface area (Å²) in [5.74, 6) is 0.194. The van der Waals surface area contributed by atoms with E-state index in [4.69, 9.17) is 10.5 Å². The molecule has 0 aliphatic carbocycles. The summed E-state index contributed by atoms with van der Waals surface area (Å²) >= 11 is 0. The lowest BCUT2D eigenvalue weighted by Crippen LogP contribution is -2.64. The van der Waals surface area contributed by atoms with E-state index in [0.717, 1.165) is 0 Å². The molecule has 1 aliphatic heterocycles. The van der Waals surface area contributed by atoms with Crippen molar-refractivity contribution in [3.63, 3.8) is 0 Å². The molecule has 0 aromatic carbocycles. The Labute approximate surface area is 97.2 Å². The van der Waals surface area contributed by atoms with Crippen LogP contribution in [-0.4, -0.2) is 66.2 Å². The first-order chi connectivity index (χ1) is 7.40. The van der Waals surface area contributed by atoms with Crippen molar-refractivity contribution in [2.45, 2.75) is 44.3 Å². The molecule has 96 valence electrons. The molecule has 0 spiro atoms. The highest BCUT2D eigenvalue weighted by molar-refractivity contribution is 4.97. The van der Waals surface area contributed by atoms with Gasteiger partial charge in [0.1, 0.15) is 0 Å². The van der Waals surface area contributed by atoms with Crippen molar-refractivity contribution in [1.29, 1.82) is 0 Å². The van der Waals surface area contributed by atoms with Gasteiger partial charge in [-0.25, -0.2) is 0 Å². The van der Waals surface area contributed by atoms with Crippen LogP contribution in [0.25, 0.3) is 0 Å². The number of ether oxygens (including phenoxy) is 1. The van der Waals surface area contributed by atoms with E-state index in [9.17, 15) is 10.2 Å². The average molecular weight is 232 g/mol. The van der Waals surface area contributed by atoms with E-state index in [1.165, 1.54) is 0 Å². The molecule has 16 heavy (non-hydrogen) atoms. The zero-order valence-electron chi connectivity index (χ0n) is 10.5. The van der Waals surface area contributed by atoms with Gasteiger partial charge in [-0.15, -0.1) is 0 Å². The fourth-order valence-corrected chi connectivity index (χ4v) is 2.34. The molecule has 1 aliphatic rings. The third-order valence-electron chi connectivity index (χ3n) is 3.23. The Hall–Kier alpha value is -0.200. The highest BCUT2D eigenvalue weighted by Gasteiger charge is 2.45. The van der Waals surface area contributed by atoms with E-state index >= 15 is 0 Å². The number of nitrogens with two attached hydrogens (primary N) is 1. The second kappa shape index (κ2) is 5.42. The summed E-state index contributed by atoms with van der Waals surface area (Å²) in [4.78, 5) is 1.83. The summed E-state index contributed by atoms with van der Waals surface area (Å²) in [5.41, 5.74) is 5.58. The normalized spacial score (nSPS) is 40.7. The predicted octanol–water partition coefficient (Wildman–Crippen LogP) is -0.979. The van der Waals surface area contributed by atoms with Crippen molar-refractivity contribution >= 4 is 0 Å².